The minimum absolute atomic E-state index is 0.608. The predicted octanol–water partition coefficient (Wildman–Crippen LogP) is -1.26. The lowest BCUT2D eigenvalue weighted by atomic mass is 10.2. The Hall–Kier alpha value is -2.16. The van der Waals surface area contributed by atoms with Gasteiger partial charge in [-0.1, -0.05) is 0 Å². The quantitative estimate of drug-likeness (QED) is 0.483. The number of carbonyl (C=O) groups is 4. The van der Waals surface area contributed by atoms with Crippen molar-refractivity contribution in [2.75, 3.05) is 0 Å². The maximum Gasteiger partial charge on any atom is 0.344 e. The molecule has 0 aliphatic rings. The van der Waals surface area contributed by atoms with Crippen molar-refractivity contribution in [2.45, 2.75) is 38.5 Å². The average molecular weight is 277 g/mol. The number of carbonyl (C=O) groups excluding carboxylic acids is 2. The van der Waals surface area contributed by atoms with Gasteiger partial charge in [0.05, 0.1) is 6.42 Å². The summed E-state index contributed by atoms with van der Waals surface area (Å²) >= 11 is 0. The molecule has 0 amide bonds. The van der Waals surface area contributed by atoms with Gasteiger partial charge in [0.1, 0.15) is 6.04 Å². The van der Waals surface area contributed by atoms with Gasteiger partial charge in [-0.2, -0.15) is 0 Å². The van der Waals surface area contributed by atoms with Crippen molar-refractivity contribution < 1.29 is 38.9 Å². The van der Waals surface area contributed by atoms with Gasteiger partial charge in [0.15, 0.2) is 12.2 Å². The number of hydrogen-bond acceptors (Lipinski definition) is 7. The predicted molar refractivity (Wildman–Crippen MR) is 59.0 cm³/mol. The highest BCUT2D eigenvalue weighted by molar-refractivity contribution is 5.85. The SMILES string of the molecule is CC(OC(=O)C[C@H](N)C(=O)OC(C)C(=O)O)C(=O)O. The Morgan fingerprint density at radius 1 is 1.00 bits per heavy atom. The topological polar surface area (TPSA) is 153 Å². The Bertz CT molecular complexity index is 380. The molecule has 0 aromatic carbocycles. The zero-order chi connectivity index (χ0) is 15.2. The second-order valence-electron chi connectivity index (χ2n) is 3.70. The second-order valence-corrected chi connectivity index (χ2v) is 3.70. The zero-order valence-electron chi connectivity index (χ0n) is 10.4. The minimum atomic E-state index is -1.42. The maximum absolute atomic E-state index is 11.3. The van der Waals surface area contributed by atoms with Crippen molar-refractivity contribution in [3.05, 3.63) is 0 Å². The first kappa shape index (κ1) is 16.8. The van der Waals surface area contributed by atoms with Gasteiger partial charge >= 0.3 is 23.9 Å². The Morgan fingerprint density at radius 3 is 1.84 bits per heavy atom. The fourth-order valence-electron chi connectivity index (χ4n) is 0.871. The van der Waals surface area contributed by atoms with E-state index in [2.05, 4.69) is 9.47 Å². The first-order valence-electron chi connectivity index (χ1n) is 5.26. The summed E-state index contributed by atoms with van der Waals surface area (Å²) in [6.07, 6.45) is -3.37. The van der Waals surface area contributed by atoms with E-state index in [4.69, 9.17) is 15.9 Å². The lowest BCUT2D eigenvalue weighted by Crippen LogP contribution is -2.39. The summed E-state index contributed by atoms with van der Waals surface area (Å²) in [5, 5.41) is 17.0. The van der Waals surface area contributed by atoms with Crippen LogP contribution < -0.4 is 5.73 Å². The second kappa shape index (κ2) is 7.31. The number of hydrogen-bond donors (Lipinski definition) is 3. The number of rotatable bonds is 7. The van der Waals surface area contributed by atoms with Crippen LogP contribution in [0.3, 0.4) is 0 Å². The number of ether oxygens (including phenoxy) is 2. The van der Waals surface area contributed by atoms with Crippen molar-refractivity contribution in [1.29, 1.82) is 0 Å². The van der Waals surface area contributed by atoms with Gasteiger partial charge in [0.25, 0.3) is 0 Å². The Labute approximate surface area is 108 Å². The van der Waals surface area contributed by atoms with Crippen LogP contribution in [0.15, 0.2) is 0 Å². The first-order valence-corrected chi connectivity index (χ1v) is 5.26. The Balaban J connectivity index is 4.26. The molecular formula is C10H15NO8. The van der Waals surface area contributed by atoms with Crippen LogP contribution in [0.4, 0.5) is 0 Å². The monoisotopic (exact) mass is 277 g/mol. The van der Waals surface area contributed by atoms with Gasteiger partial charge in [-0.15, -0.1) is 0 Å². The van der Waals surface area contributed by atoms with Crippen LogP contribution in [0.1, 0.15) is 20.3 Å². The molecule has 0 aromatic rings. The van der Waals surface area contributed by atoms with Crippen LogP contribution in [0.5, 0.6) is 0 Å². The molecule has 19 heavy (non-hydrogen) atoms. The van der Waals surface area contributed by atoms with Crippen LogP contribution >= 0.6 is 0 Å². The standard InChI is InChI=1S/C10H15NO8/c1-4(8(13)14)18-7(12)3-6(11)10(17)19-5(2)9(15)16/h4-6H,3,11H2,1-2H3,(H,13,14)(H,15,16)/t4?,5?,6-/m0/s1. The van der Waals surface area contributed by atoms with Crippen molar-refractivity contribution in [3.63, 3.8) is 0 Å². The summed E-state index contributed by atoms with van der Waals surface area (Å²) < 4.78 is 8.88. The summed E-state index contributed by atoms with van der Waals surface area (Å²) in [4.78, 5) is 43.3. The molecule has 3 atom stereocenters. The highest BCUT2D eigenvalue weighted by Crippen LogP contribution is 2.01. The summed E-state index contributed by atoms with van der Waals surface area (Å²) in [5.74, 6) is -4.79. The van der Waals surface area contributed by atoms with E-state index in [0.717, 1.165) is 13.8 Å². The fraction of sp³-hybridized carbons (Fsp3) is 0.600. The van der Waals surface area contributed by atoms with E-state index in [-0.39, 0.29) is 0 Å². The molecule has 108 valence electrons. The minimum Gasteiger partial charge on any atom is -0.479 e. The van der Waals surface area contributed by atoms with Gasteiger partial charge in [-0.3, -0.25) is 9.59 Å². The molecule has 0 rings (SSSR count). The average Bonchev–Trinajstić information content (AvgIpc) is 2.27. The molecule has 0 saturated carbocycles. The zero-order valence-corrected chi connectivity index (χ0v) is 10.4. The number of carboxylic acid groups (broad SMARTS) is 2. The van der Waals surface area contributed by atoms with E-state index < -0.39 is 48.5 Å². The number of nitrogens with two attached hydrogens (primary N) is 1. The summed E-state index contributed by atoms with van der Waals surface area (Å²) in [5.41, 5.74) is 5.30. The van der Waals surface area contributed by atoms with E-state index >= 15 is 0 Å². The summed E-state index contributed by atoms with van der Waals surface area (Å²) in [6, 6.07) is -1.42. The van der Waals surface area contributed by atoms with Crippen LogP contribution in [-0.2, 0) is 28.7 Å². The van der Waals surface area contributed by atoms with E-state index in [1.54, 1.807) is 0 Å². The Morgan fingerprint density at radius 2 is 1.42 bits per heavy atom. The smallest absolute Gasteiger partial charge is 0.344 e. The third kappa shape index (κ3) is 6.36. The lowest BCUT2D eigenvalue weighted by molar-refractivity contribution is -0.167. The molecule has 2 unspecified atom stereocenters. The molecule has 0 aliphatic carbocycles. The number of carboxylic acids is 2. The molecule has 0 bridgehead atoms. The molecule has 0 fully saturated rings. The summed E-state index contributed by atoms with van der Waals surface area (Å²) in [6.45, 7) is 2.26. The van der Waals surface area contributed by atoms with Crippen molar-refractivity contribution >= 4 is 23.9 Å². The van der Waals surface area contributed by atoms with Crippen LogP contribution in [0.2, 0.25) is 0 Å². The van der Waals surface area contributed by atoms with Crippen LogP contribution in [0, 0.1) is 0 Å². The molecule has 0 aromatic heterocycles. The largest absolute Gasteiger partial charge is 0.479 e. The fourth-order valence-corrected chi connectivity index (χ4v) is 0.871. The molecule has 0 radical (unpaired) electrons. The van der Waals surface area contributed by atoms with Crippen molar-refractivity contribution in [1.82, 2.24) is 0 Å². The van der Waals surface area contributed by atoms with Crippen LogP contribution in [-0.4, -0.2) is 52.3 Å². The summed E-state index contributed by atoms with van der Waals surface area (Å²) in [7, 11) is 0. The number of esters is 2. The van der Waals surface area contributed by atoms with Gasteiger partial charge < -0.3 is 25.4 Å². The molecule has 0 aliphatic heterocycles. The lowest BCUT2D eigenvalue weighted by Gasteiger charge is -2.14. The van der Waals surface area contributed by atoms with Crippen molar-refractivity contribution in [2.24, 2.45) is 5.73 Å². The highest BCUT2D eigenvalue weighted by atomic mass is 16.6. The molecule has 0 saturated heterocycles. The molecule has 0 spiro atoms. The van der Waals surface area contributed by atoms with E-state index in [1.165, 1.54) is 0 Å². The highest BCUT2D eigenvalue weighted by Gasteiger charge is 2.26. The molecule has 9 heteroatoms. The first-order chi connectivity index (χ1) is 8.65. The van der Waals surface area contributed by atoms with Gasteiger partial charge in [-0.25, -0.2) is 9.59 Å². The number of aliphatic carboxylic acids is 2. The normalized spacial score (nSPS) is 14.9. The van der Waals surface area contributed by atoms with E-state index in [0.29, 0.717) is 0 Å². The van der Waals surface area contributed by atoms with Crippen molar-refractivity contribution in [3.8, 4) is 0 Å². The van der Waals surface area contributed by atoms with Gasteiger partial charge in [-0.05, 0) is 13.8 Å². The molecule has 0 heterocycles. The van der Waals surface area contributed by atoms with E-state index in [1.807, 2.05) is 0 Å². The van der Waals surface area contributed by atoms with Gasteiger partial charge in [0.2, 0.25) is 0 Å². The molecule has 9 nitrogen and oxygen atoms in total. The van der Waals surface area contributed by atoms with Gasteiger partial charge in [0, 0.05) is 0 Å². The molecule has 4 N–H and O–H groups in total. The van der Waals surface area contributed by atoms with Crippen LogP contribution in [0.25, 0.3) is 0 Å². The Kier molecular flexibility index (Phi) is 6.48. The molecular weight excluding hydrogens is 262 g/mol. The van der Waals surface area contributed by atoms with E-state index in [9.17, 15) is 19.2 Å². The third-order valence-corrected chi connectivity index (χ3v) is 1.99. The third-order valence-electron chi connectivity index (χ3n) is 1.99. The maximum atomic E-state index is 11.3.